The van der Waals surface area contributed by atoms with Crippen molar-refractivity contribution in [3.8, 4) is 5.75 Å². The molecule has 0 bridgehead atoms. The fourth-order valence-corrected chi connectivity index (χ4v) is 1.51. The van der Waals surface area contributed by atoms with Gasteiger partial charge in [-0.25, -0.2) is 0 Å². The number of anilines is 1. The molecule has 2 N–H and O–H groups in total. The molecule has 2 atom stereocenters. The lowest BCUT2D eigenvalue weighted by Crippen LogP contribution is -2.44. The van der Waals surface area contributed by atoms with Crippen LogP contribution in [-0.4, -0.2) is 37.7 Å². The summed E-state index contributed by atoms with van der Waals surface area (Å²) in [5.41, 5.74) is 0.738. The van der Waals surface area contributed by atoms with E-state index in [4.69, 9.17) is 4.74 Å². The second-order valence-corrected chi connectivity index (χ2v) is 4.12. The molecule has 0 saturated heterocycles. The third kappa shape index (κ3) is 4.72. The molecule has 6 nitrogen and oxygen atoms in total. The highest BCUT2D eigenvalue weighted by atomic mass is 16.5. The summed E-state index contributed by atoms with van der Waals surface area (Å²) in [6.07, 6.45) is 2.94. The highest BCUT2D eigenvalue weighted by molar-refractivity contribution is 5.87. The van der Waals surface area contributed by atoms with Gasteiger partial charge in [0.25, 0.3) is 0 Å². The molecule has 0 heterocycles. The Morgan fingerprint density at radius 1 is 1.30 bits per heavy atom. The highest BCUT2D eigenvalue weighted by Crippen LogP contribution is 2.15. The normalized spacial score (nSPS) is 12.9. The summed E-state index contributed by atoms with van der Waals surface area (Å²) in [6.45, 7) is 1.64. The second kappa shape index (κ2) is 7.93. The number of nitrogens with one attached hydrogen (secondary N) is 2. The Morgan fingerprint density at radius 2 is 1.95 bits per heavy atom. The topological polar surface area (TPSA) is 84.5 Å². The summed E-state index contributed by atoms with van der Waals surface area (Å²) < 4.78 is 5.03. The lowest BCUT2D eigenvalue weighted by molar-refractivity contribution is -0.121. The molecule has 2 radical (unpaired) electrons. The number of hydrogen-bond donors (Lipinski definition) is 2. The Labute approximate surface area is 117 Å². The van der Waals surface area contributed by atoms with Gasteiger partial charge in [0.1, 0.15) is 17.8 Å². The summed E-state index contributed by atoms with van der Waals surface area (Å²) in [5.74, 6) is 0.314. The van der Waals surface area contributed by atoms with E-state index in [-0.39, 0.29) is 6.42 Å². The molecule has 6 heteroatoms. The van der Waals surface area contributed by atoms with E-state index in [0.717, 1.165) is 5.69 Å². The average molecular weight is 276 g/mol. The van der Waals surface area contributed by atoms with Gasteiger partial charge in [-0.05, 0) is 31.2 Å². The third-order valence-corrected chi connectivity index (χ3v) is 2.61. The van der Waals surface area contributed by atoms with Crippen LogP contribution in [0, 0.1) is 0 Å². The zero-order valence-electron chi connectivity index (χ0n) is 11.3. The van der Waals surface area contributed by atoms with Gasteiger partial charge in [0.15, 0.2) is 0 Å². The van der Waals surface area contributed by atoms with Crippen LogP contribution in [0.5, 0.6) is 5.75 Å². The van der Waals surface area contributed by atoms with Crippen LogP contribution in [0.3, 0.4) is 0 Å². The number of rotatable bonds is 8. The van der Waals surface area contributed by atoms with Crippen LogP contribution in [0.25, 0.3) is 0 Å². The van der Waals surface area contributed by atoms with Crippen LogP contribution < -0.4 is 15.4 Å². The van der Waals surface area contributed by atoms with Gasteiger partial charge in [-0.2, -0.15) is 0 Å². The molecule has 0 aliphatic carbocycles. The summed E-state index contributed by atoms with van der Waals surface area (Å²) in [4.78, 5) is 32.5. The van der Waals surface area contributed by atoms with Gasteiger partial charge < -0.3 is 15.4 Å². The minimum absolute atomic E-state index is 0.204. The summed E-state index contributed by atoms with van der Waals surface area (Å²) in [5, 5.41) is 5.37. The minimum atomic E-state index is -0.958. The Balaban J connectivity index is 2.55. The van der Waals surface area contributed by atoms with Gasteiger partial charge in [0.05, 0.1) is 7.11 Å². The molecule has 0 aliphatic heterocycles. The van der Waals surface area contributed by atoms with E-state index in [0.29, 0.717) is 5.75 Å². The largest absolute Gasteiger partial charge is 0.497 e. The Hall–Kier alpha value is -2.37. The molecule has 20 heavy (non-hydrogen) atoms. The molecule has 0 spiro atoms. The van der Waals surface area contributed by atoms with E-state index in [1.165, 1.54) is 0 Å². The molecule has 1 aromatic rings. The number of carbonyl (C=O) groups is 1. The van der Waals surface area contributed by atoms with Gasteiger partial charge in [-0.15, -0.1) is 0 Å². The van der Waals surface area contributed by atoms with E-state index in [9.17, 15) is 14.4 Å². The zero-order valence-corrected chi connectivity index (χ0v) is 11.3. The summed E-state index contributed by atoms with van der Waals surface area (Å²) in [7, 11) is 1.57. The van der Waals surface area contributed by atoms with Crippen molar-refractivity contribution in [3.05, 3.63) is 24.3 Å². The maximum Gasteiger partial charge on any atom is 0.242 e. The fourth-order valence-electron chi connectivity index (χ4n) is 1.51. The average Bonchev–Trinajstić information content (AvgIpc) is 2.47. The number of methoxy groups -OCH3 is 1. The molecule has 0 aliphatic rings. The van der Waals surface area contributed by atoms with Gasteiger partial charge >= 0.3 is 0 Å². The maximum atomic E-state index is 11.8. The predicted octanol–water partition coefficient (Wildman–Crippen LogP) is 0.590. The molecule has 0 fully saturated rings. The van der Waals surface area contributed by atoms with E-state index < -0.39 is 18.0 Å². The lowest BCUT2D eigenvalue weighted by atomic mass is 10.2. The van der Waals surface area contributed by atoms with Gasteiger partial charge in [0, 0.05) is 12.1 Å². The van der Waals surface area contributed by atoms with Crippen molar-refractivity contribution in [2.24, 2.45) is 0 Å². The lowest BCUT2D eigenvalue weighted by Gasteiger charge is -2.17. The van der Waals surface area contributed by atoms with E-state index in [2.05, 4.69) is 10.6 Å². The zero-order chi connectivity index (χ0) is 15.0. The smallest absolute Gasteiger partial charge is 0.242 e. The van der Waals surface area contributed by atoms with Crippen LogP contribution >= 0.6 is 0 Å². The fraction of sp³-hybridized carbons (Fsp3) is 0.357. The first-order valence-electron chi connectivity index (χ1n) is 6.04. The number of carbonyl (C=O) groups excluding carboxylic acids is 3. The molecular weight excluding hydrogens is 260 g/mol. The van der Waals surface area contributed by atoms with Crippen molar-refractivity contribution in [2.75, 3.05) is 12.4 Å². The first-order chi connectivity index (χ1) is 9.60. The van der Waals surface area contributed by atoms with Crippen LogP contribution in [0.15, 0.2) is 24.3 Å². The van der Waals surface area contributed by atoms with Crippen molar-refractivity contribution >= 4 is 24.2 Å². The number of benzene rings is 1. The Bertz CT molecular complexity index is 459. The number of amides is 1. The molecule has 106 valence electrons. The van der Waals surface area contributed by atoms with Crippen molar-refractivity contribution in [2.45, 2.75) is 25.4 Å². The second-order valence-electron chi connectivity index (χ2n) is 4.12. The minimum Gasteiger partial charge on any atom is -0.497 e. The van der Waals surface area contributed by atoms with Crippen molar-refractivity contribution in [1.82, 2.24) is 5.32 Å². The molecule has 1 unspecified atom stereocenters. The van der Waals surface area contributed by atoms with Crippen molar-refractivity contribution < 1.29 is 19.1 Å². The van der Waals surface area contributed by atoms with Gasteiger partial charge in [-0.3, -0.25) is 14.4 Å². The maximum absolute atomic E-state index is 11.8. The summed E-state index contributed by atoms with van der Waals surface area (Å²) in [6, 6.07) is 5.54. The number of hydrogen-bond acceptors (Lipinski definition) is 5. The molecule has 1 amide bonds. The predicted molar refractivity (Wildman–Crippen MR) is 74.0 cm³/mol. The quantitative estimate of drug-likeness (QED) is 0.726. The molecule has 1 aromatic carbocycles. The molecule has 1 rings (SSSR count). The van der Waals surface area contributed by atoms with Crippen LogP contribution in [-0.2, 0) is 14.4 Å². The van der Waals surface area contributed by atoms with E-state index >= 15 is 0 Å². The molecule has 0 aromatic heterocycles. The summed E-state index contributed by atoms with van der Waals surface area (Å²) >= 11 is 0. The van der Waals surface area contributed by atoms with Gasteiger partial charge in [-0.1, -0.05) is 0 Å². The standard InChI is InChI=1S/C14H16N2O4/c1-10(14(19)16-12(9-18)7-8-17)15-11-3-5-13(20-2)6-4-11/h3-6,10,12,15H,7H2,1-2H3,(H,16,19)/t10-,12?/m0/s1. The Kier molecular flexibility index (Phi) is 6.22. The van der Waals surface area contributed by atoms with E-state index in [1.807, 2.05) is 0 Å². The number of ether oxygens (including phenoxy) is 1. The van der Waals surface area contributed by atoms with Crippen LogP contribution in [0.2, 0.25) is 0 Å². The molecule has 0 saturated carbocycles. The SMILES string of the molecule is COc1ccc(N[C@@H](C)C(=O)NC([C]=O)C[C]=O)cc1. The molecular formula is C14H16N2O4. The van der Waals surface area contributed by atoms with Crippen molar-refractivity contribution in [1.29, 1.82) is 0 Å². The van der Waals surface area contributed by atoms with Crippen molar-refractivity contribution in [3.63, 3.8) is 0 Å². The first-order valence-corrected chi connectivity index (χ1v) is 6.04. The van der Waals surface area contributed by atoms with Gasteiger partial charge in [0.2, 0.25) is 18.5 Å². The third-order valence-electron chi connectivity index (χ3n) is 2.61. The Morgan fingerprint density at radius 3 is 2.45 bits per heavy atom. The van der Waals surface area contributed by atoms with Crippen LogP contribution in [0.4, 0.5) is 5.69 Å². The van der Waals surface area contributed by atoms with Crippen LogP contribution in [0.1, 0.15) is 13.3 Å². The monoisotopic (exact) mass is 276 g/mol. The first kappa shape index (κ1) is 15.7. The highest BCUT2D eigenvalue weighted by Gasteiger charge is 2.17. The van der Waals surface area contributed by atoms with E-state index in [1.54, 1.807) is 50.9 Å².